The third kappa shape index (κ3) is 5.14. The topological polar surface area (TPSA) is 63.7 Å². The molecule has 1 saturated heterocycles. The van der Waals surface area contributed by atoms with Crippen LogP contribution in [0.5, 0.6) is 0 Å². The first-order valence-electron chi connectivity index (χ1n) is 13.5. The molecule has 9 heteroatoms. The number of nitrogens with zero attached hydrogens (tertiary/aromatic N) is 4. The summed E-state index contributed by atoms with van der Waals surface area (Å²) in [6.07, 6.45) is 11.0. The number of nitrogens with one attached hydrogen (secondary N) is 2. The van der Waals surface area contributed by atoms with Gasteiger partial charge in [-0.1, -0.05) is 30.5 Å². The van der Waals surface area contributed by atoms with Gasteiger partial charge in [0.05, 0.1) is 11.1 Å². The molecule has 4 aliphatic rings. The average Bonchev–Trinajstić information content (AvgIpc) is 3.62. The molecule has 37 heavy (non-hydrogen) atoms. The van der Waals surface area contributed by atoms with Gasteiger partial charge in [-0.3, -0.25) is 4.90 Å². The number of halogens is 2. The normalized spacial score (nSPS) is 22.5. The van der Waals surface area contributed by atoms with Crippen LogP contribution in [0.2, 0.25) is 5.02 Å². The summed E-state index contributed by atoms with van der Waals surface area (Å²) in [5.41, 5.74) is 4.10. The summed E-state index contributed by atoms with van der Waals surface area (Å²) in [4.78, 5) is 24.3. The maximum atomic E-state index is 13.6. The molecule has 3 aliphatic heterocycles. The van der Waals surface area contributed by atoms with E-state index in [1.807, 2.05) is 15.9 Å². The van der Waals surface area contributed by atoms with E-state index in [9.17, 15) is 9.18 Å². The van der Waals surface area contributed by atoms with E-state index in [2.05, 4.69) is 26.6 Å². The Morgan fingerprint density at radius 1 is 1.08 bits per heavy atom. The minimum atomic E-state index is -0.433. The molecule has 1 aromatic carbocycles. The van der Waals surface area contributed by atoms with Crippen LogP contribution >= 0.6 is 11.6 Å². The van der Waals surface area contributed by atoms with Gasteiger partial charge in [0, 0.05) is 74.9 Å². The largest absolute Gasteiger partial charge is 0.363 e. The van der Waals surface area contributed by atoms with E-state index in [1.165, 1.54) is 37.3 Å². The number of carbonyl (C=O) groups is 1. The zero-order chi connectivity index (χ0) is 25.4. The molecule has 7 nitrogen and oxygen atoms in total. The van der Waals surface area contributed by atoms with Crippen LogP contribution in [0.4, 0.5) is 26.4 Å². The second-order valence-corrected chi connectivity index (χ2v) is 11.0. The number of pyridine rings is 1. The maximum absolute atomic E-state index is 13.6. The Bertz CT molecular complexity index is 1190. The van der Waals surface area contributed by atoms with Crippen molar-refractivity contribution < 1.29 is 9.18 Å². The van der Waals surface area contributed by atoms with Gasteiger partial charge >= 0.3 is 6.03 Å². The Balaban J connectivity index is 1.05. The molecule has 2 fully saturated rings. The van der Waals surface area contributed by atoms with E-state index in [0.717, 1.165) is 74.4 Å². The lowest BCUT2D eigenvalue weighted by Gasteiger charge is -2.40. The SMILES string of the molecule is O=C(N1CC=C(C2Cc3c(Nc4ccc(F)c(Cl)c4)ccnc3N2)CC1)N1CCN(C2CCCC2)CC1. The Morgan fingerprint density at radius 3 is 2.62 bits per heavy atom. The fourth-order valence-electron chi connectivity index (χ4n) is 6.24. The number of piperazine rings is 1. The van der Waals surface area contributed by atoms with Crippen LogP contribution in [0.1, 0.15) is 37.7 Å². The van der Waals surface area contributed by atoms with Crippen molar-refractivity contribution >= 4 is 34.8 Å². The first kappa shape index (κ1) is 24.5. The first-order valence-corrected chi connectivity index (χ1v) is 13.9. The number of aromatic nitrogens is 1. The van der Waals surface area contributed by atoms with Crippen LogP contribution in [0.25, 0.3) is 0 Å². The number of fused-ring (bicyclic) bond motifs is 1. The van der Waals surface area contributed by atoms with Crippen molar-refractivity contribution in [2.24, 2.45) is 0 Å². The lowest BCUT2D eigenvalue weighted by molar-refractivity contribution is 0.0931. The molecule has 2 amide bonds. The predicted molar refractivity (Wildman–Crippen MR) is 145 cm³/mol. The molecule has 6 rings (SSSR count). The molecular weight excluding hydrogens is 491 g/mol. The molecule has 0 bridgehead atoms. The van der Waals surface area contributed by atoms with E-state index in [0.29, 0.717) is 6.54 Å². The summed E-state index contributed by atoms with van der Waals surface area (Å²) < 4.78 is 13.6. The van der Waals surface area contributed by atoms with Crippen LogP contribution in [0.15, 0.2) is 42.1 Å². The van der Waals surface area contributed by atoms with Crippen LogP contribution in [-0.2, 0) is 6.42 Å². The van der Waals surface area contributed by atoms with Gasteiger partial charge in [-0.15, -0.1) is 0 Å². The van der Waals surface area contributed by atoms with Gasteiger partial charge in [-0.05, 0) is 49.1 Å². The van der Waals surface area contributed by atoms with Gasteiger partial charge < -0.3 is 20.4 Å². The highest BCUT2D eigenvalue weighted by Gasteiger charge is 2.32. The van der Waals surface area contributed by atoms with E-state index in [-0.39, 0.29) is 17.1 Å². The molecule has 1 unspecified atom stereocenters. The quantitative estimate of drug-likeness (QED) is 0.534. The van der Waals surface area contributed by atoms with Crippen LogP contribution in [-0.4, -0.2) is 77.1 Å². The lowest BCUT2D eigenvalue weighted by atomic mass is 9.97. The van der Waals surface area contributed by atoms with Crippen LogP contribution < -0.4 is 10.6 Å². The number of urea groups is 1. The summed E-state index contributed by atoms with van der Waals surface area (Å²) in [7, 11) is 0. The minimum absolute atomic E-state index is 0.0915. The van der Waals surface area contributed by atoms with E-state index >= 15 is 0 Å². The van der Waals surface area contributed by atoms with Crippen molar-refractivity contribution in [3.63, 3.8) is 0 Å². The number of benzene rings is 1. The molecule has 0 radical (unpaired) electrons. The number of rotatable bonds is 4. The molecule has 4 heterocycles. The molecular formula is C28H34ClFN6O. The Kier molecular flexibility index (Phi) is 6.95. The fraction of sp³-hybridized carbons (Fsp3) is 0.500. The highest BCUT2D eigenvalue weighted by molar-refractivity contribution is 6.31. The van der Waals surface area contributed by atoms with Gasteiger partial charge in [0.1, 0.15) is 11.6 Å². The Hall–Kier alpha value is -2.84. The average molecular weight is 525 g/mol. The summed E-state index contributed by atoms with van der Waals surface area (Å²) >= 11 is 5.96. The zero-order valence-corrected chi connectivity index (χ0v) is 21.8. The molecule has 2 N–H and O–H groups in total. The molecule has 196 valence electrons. The predicted octanol–water partition coefficient (Wildman–Crippen LogP) is 5.27. The monoisotopic (exact) mass is 524 g/mol. The van der Waals surface area contributed by atoms with Crippen molar-refractivity contribution in [2.45, 2.75) is 50.6 Å². The van der Waals surface area contributed by atoms with Crippen LogP contribution in [0, 0.1) is 5.82 Å². The second-order valence-electron chi connectivity index (χ2n) is 10.6. The van der Waals surface area contributed by atoms with Gasteiger partial charge in [0.15, 0.2) is 0 Å². The molecule has 1 aromatic heterocycles. The number of anilines is 3. The molecule has 1 saturated carbocycles. The summed E-state index contributed by atoms with van der Waals surface area (Å²) in [6, 6.07) is 7.64. The number of carbonyl (C=O) groups excluding carboxylic acids is 1. The summed E-state index contributed by atoms with van der Waals surface area (Å²) in [5.74, 6) is 0.430. The van der Waals surface area contributed by atoms with Crippen molar-refractivity contribution in [1.29, 1.82) is 0 Å². The lowest BCUT2D eigenvalue weighted by Crippen LogP contribution is -2.55. The molecule has 1 atom stereocenters. The van der Waals surface area contributed by atoms with E-state index in [4.69, 9.17) is 11.6 Å². The smallest absolute Gasteiger partial charge is 0.320 e. The standard InChI is InChI=1S/C28H34ClFN6O/c29-23-17-20(5-6-24(23)30)32-25-7-10-31-27-22(25)18-26(33-27)19-8-11-35(12-9-19)28(37)36-15-13-34(14-16-36)21-3-1-2-4-21/h5-8,10,17,21,26H,1-4,9,11-16,18H2,(H2,31,32,33). The van der Waals surface area contributed by atoms with Gasteiger partial charge in [0.25, 0.3) is 0 Å². The van der Waals surface area contributed by atoms with Crippen molar-refractivity contribution in [3.05, 3.63) is 58.5 Å². The maximum Gasteiger partial charge on any atom is 0.320 e. The van der Waals surface area contributed by atoms with Crippen molar-refractivity contribution in [2.75, 3.05) is 49.9 Å². The third-order valence-corrected chi connectivity index (χ3v) is 8.65. The second kappa shape index (κ2) is 10.5. The summed E-state index contributed by atoms with van der Waals surface area (Å²) in [6.45, 7) is 5.07. The fourth-order valence-corrected chi connectivity index (χ4v) is 6.42. The van der Waals surface area contributed by atoms with Gasteiger partial charge in [-0.25, -0.2) is 14.2 Å². The van der Waals surface area contributed by atoms with E-state index < -0.39 is 5.82 Å². The van der Waals surface area contributed by atoms with Crippen molar-refractivity contribution in [3.8, 4) is 0 Å². The molecule has 0 spiro atoms. The Morgan fingerprint density at radius 2 is 1.89 bits per heavy atom. The number of amides is 2. The van der Waals surface area contributed by atoms with Gasteiger partial charge in [0.2, 0.25) is 0 Å². The first-order chi connectivity index (χ1) is 18.0. The number of hydrogen-bond donors (Lipinski definition) is 2. The Labute approximate surface area is 222 Å². The van der Waals surface area contributed by atoms with Crippen LogP contribution in [0.3, 0.4) is 0 Å². The zero-order valence-electron chi connectivity index (χ0n) is 21.1. The molecule has 1 aliphatic carbocycles. The summed E-state index contributed by atoms with van der Waals surface area (Å²) in [5, 5.41) is 7.02. The van der Waals surface area contributed by atoms with Gasteiger partial charge in [-0.2, -0.15) is 0 Å². The number of hydrogen-bond acceptors (Lipinski definition) is 5. The minimum Gasteiger partial charge on any atom is -0.363 e. The highest BCUT2D eigenvalue weighted by Crippen LogP contribution is 2.36. The highest BCUT2D eigenvalue weighted by atomic mass is 35.5. The third-order valence-electron chi connectivity index (χ3n) is 8.36. The van der Waals surface area contributed by atoms with E-state index in [1.54, 1.807) is 18.3 Å². The van der Waals surface area contributed by atoms with Crippen molar-refractivity contribution in [1.82, 2.24) is 19.7 Å². The molecule has 2 aromatic rings.